The van der Waals surface area contributed by atoms with Crippen LogP contribution >= 0.6 is 36.2 Å². The third kappa shape index (κ3) is 7.24. The van der Waals surface area contributed by atoms with Crippen molar-refractivity contribution in [1.29, 1.82) is 0 Å². The Kier molecular flexibility index (Phi) is 8.51. The zero-order valence-electron chi connectivity index (χ0n) is 11.2. The Morgan fingerprint density at radius 1 is 1.53 bits per heavy atom. The molecular weight excluding hydrogens is 268 g/mol. The largest absolute Gasteiger partial charge is 0.368 e. The van der Waals surface area contributed by atoms with Gasteiger partial charge < -0.3 is 4.74 Å². The zero-order valence-corrected chi connectivity index (χ0v) is 13.8. The van der Waals surface area contributed by atoms with E-state index in [0.717, 1.165) is 18.4 Å². The van der Waals surface area contributed by atoms with E-state index in [1.807, 2.05) is 23.5 Å². The van der Waals surface area contributed by atoms with E-state index in [2.05, 4.69) is 33.4 Å². The van der Waals surface area contributed by atoms with Crippen molar-refractivity contribution in [2.45, 2.75) is 50.1 Å². The monoisotopic (exact) mass is 294 g/mol. The van der Waals surface area contributed by atoms with Gasteiger partial charge in [-0.3, -0.25) is 0 Å². The second-order valence-corrected chi connectivity index (χ2v) is 8.52. The van der Waals surface area contributed by atoms with Gasteiger partial charge in [0.05, 0.1) is 12.0 Å². The molecule has 0 amide bonds. The van der Waals surface area contributed by atoms with Crippen molar-refractivity contribution in [3.8, 4) is 0 Å². The molecule has 0 aliphatic carbocycles. The van der Waals surface area contributed by atoms with Crippen molar-refractivity contribution in [3.05, 3.63) is 0 Å². The van der Waals surface area contributed by atoms with Crippen LogP contribution in [0.1, 0.15) is 40.0 Å². The molecule has 1 heterocycles. The van der Waals surface area contributed by atoms with Crippen LogP contribution in [-0.4, -0.2) is 28.1 Å². The van der Waals surface area contributed by atoms with Gasteiger partial charge >= 0.3 is 0 Å². The van der Waals surface area contributed by atoms with Gasteiger partial charge in [0.2, 0.25) is 0 Å². The molecular formula is C13H26OS3. The summed E-state index contributed by atoms with van der Waals surface area (Å²) in [5.74, 6) is 4.08. The molecule has 0 N–H and O–H groups in total. The predicted octanol–water partition coefficient (Wildman–Crippen LogP) is 4.53. The van der Waals surface area contributed by atoms with E-state index in [0.29, 0.717) is 10.0 Å². The first-order valence-corrected chi connectivity index (χ1v) is 9.26. The first-order valence-electron chi connectivity index (χ1n) is 6.64. The summed E-state index contributed by atoms with van der Waals surface area (Å²) in [6.07, 6.45) is 3.76. The Morgan fingerprint density at radius 2 is 2.29 bits per heavy atom. The van der Waals surface area contributed by atoms with Crippen LogP contribution in [0.15, 0.2) is 0 Å². The summed E-state index contributed by atoms with van der Waals surface area (Å²) in [4.78, 5) is 0. The number of rotatable bonds is 7. The van der Waals surface area contributed by atoms with Crippen molar-refractivity contribution in [2.24, 2.45) is 11.8 Å². The molecule has 1 nitrogen and oxygen atoms in total. The summed E-state index contributed by atoms with van der Waals surface area (Å²) >= 11 is 8.64. The van der Waals surface area contributed by atoms with E-state index in [9.17, 15) is 0 Å². The van der Waals surface area contributed by atoms with Crippen LogP contribution < -0.4 is 0 Å². The highest BCUT2D eigenvalue weighted by atomic mass is 32.2. The first-order chi connectivity index (χ1) is 8.11. The fourth-order valence-electron chi connectivity index (χ4n) is 1.66. The Labute approximate surface area is 121 Å². The second kappa shape index (κ2) is 9.00. The molecule has 1 aliphatic rings. The van der Waals surface area contributed by atoms with Gasteiger partial charge in [-0.15, -0.1) is 23.5 Å². The van der Waals surface area contributed by atoms with Gasteiger partial charge in [0.15, 0.2) is 0 Å². The summed E-state index contributed by atoms with van der Waals surface area (Å²) in [6, 6.07) is 0. The van der Waals surface area contributed by atoms with Crippen LogP contribution in [0.3, 0.4) is 0 Å². The van der Waals surface area contributed by atoms with Crippen molar-refractivity contribution < 1.29 is 4.74 Å². The lowest BCUT2D eigenvalue weighted by molar-refractivity contribution is 0.0834. The summed E-state index contributed by atoms with van der Waals surface area (Å²) in [6.45, 7) is 7.67. The second-order valence-electron chi connectivity index (χ2n) is 4.98. The average molecular weight is 295 g/mol. The number of thiol groups is 1. The number of ether oxygens (including phenoxy) is 1. The molecule has 1 saturated heterocycles. The summed E-state index contributed by atoms with van der Waals surface area (Å²) in [5, 5.41) is 0. The third-order valence-corrected chi connectivity index (χ3v) is 6.58. The Balaban J connectivity index is 2.05. The van der Waals surface area contributed by atoms with Gasteiger partial charge in [0.1, 0.15) is 0 Å². The molecule has 0 bridgehead atoms. The van der Waals surface area contributed by atoms with Crippen LogP contribution in [0.25, 0.3) is 0 Å². The lowest BCUT2D eigenvalue weighted by atomic mass is 10.1. The van der Waals surface area contributed by atoms with Gasteiger partial charge in [0, 0.05) is 10.3 Å². The predicted molar refractivity (Wildman–Crippen MR) is 85.3 cm³/mol. The molecule has 0 aromatic carbocycles. The van der Waals surface area contributed by atoms with Gasteiger partial charge in [-0.25, -0.2) is 0 Å². The van der Waals surface area contributed by atoms with Crippen LogP contribution in [0.2, 0.25) is 0 Å². The van der Waals surface area contributed by atoms with Crippen LogP contribution in [0, 0.1) is 11.8 Å². The van der Waals surface area contributed by atoms with E-state index in [4.69, 9.17) is 4.74 Å². The zero-order chi connectivity index (χ0) is 12.7. The van der Waals surface area contributed by atoms with E-state index in [1.165, 1.54) is 30.8 Å². The maximum absolute atomic E-state index is 5.67. The van der Waals surface area contributed by atoms with Gasteiger partial charge in [-0.1, -0.05) is 20.3 Å². The fraction of sp³-hybridized carbons (Fsp3) is 1.00. The fourth-order valence-corrected chi connectivity index (χ4v) is 4.14. The topological polar surface area (TPSA) is 9.23 Å². The lowest BCUT2D eigenvalue weighted by Crippen LogP contribution is -2.23. The molecule has 0 saturated carbocycles. The molecule has 1 aliphatic heterocycles. The summed E-state index contributed by atoms with van der Waals surface area (Å²) < 4.78 is 6.18. The van der Waals surface area contributed by atoms with Crippen molar-refractivity contribution in [3.63, 3.8) is 0 Å². The lowest BCUT2D eigenvalue weighted by Gasteiger charge is -2.27. The van der Waals surface area contributed by atoms with E-state index >= 15 is 0 Å². The summed E-state index contributed by atoms with van der Waals surface area (Å²) in [5.41, 5.74) is 0.401. The Morgan fingerprint density at radius 3 is 2.88 bits per heavy atom. The highest BCUT2D eigenvalue weighted by Crippen LogP contribution is 2.29. The van der Waals surface area contributed by atoms with Crippen LogP contribution in [0.4, 0.5) is 0 Å². The molecule has 102 valence electrons. The molecule has 17 heavy (non-hydrogen) atoms. The van der Waals surface area contributed by atoms with Crippen molar-refractivity contribution in [2.75, 3.05) is 18.1 Å². The maximum atomic E-state index is 5.67. The highest BCUT2D eigenvalue weighted by molar-refractivity contribution is 8.10. The van der Waals surface area contributed by atoms with Crippen molar-refractivity contribution in [1.82, 2.24) is 0 Å². The molecule has 4 atom stereocenters. The van der Waals surface area contributed by atoms with Gasteiger partial charge in [-0.2, -0.15) is 12.6 Å². The number of hydrogen-bond donors (Lipinski definition) is 1. The minimum atomic E-state index is 0.401. The minimum absolute atomic E-state index is 0.401. The first kappa shape index (κ1) is 16.1. The van der Waals surface area contributed by atoms with Crippen LogP contribution in [0.5, 0.6) is 0 Å². The maximum Gasteiger partial charge on any atom is 0.0999 e. The highest BCUT2D eigenvalue weighted by Gasteiger charge is 2.19. The third-order valence-electron chi connectivity index (χ3n) is 3.23. The standard InChI is InChI=1S/C13H26OS3/c1-4-10(2)8-17-13(15)6-5-12-7-14-11(3)16-9-12/h10-13,15H,4-9H2,1-3H3. The van der Waals surface area contributed by atoms with Gasteiger partial charge in [-0.05, 0) is 37.4 Å². The van der Waals surface area contributed by atoms with E-state index in [-0.39, 0.29) is 0 Å². The molecule has 0 aromatic heterocycles. The quantitative estimate of drug-likeness (QED) is 0.546. The SMILES string of the molecule is CCC(C)CSC(S)CCC1COC(C)SC1. The van der Waals surface area contributed by atoms with Gasteiger partial charge in [0.25, 0.3) is 0 Å². The molecule has 1 rings (SSSR count). The normalized spacial score (nSPS) is 28.9. The number of thioether (sulfide) groups is 2. The molecule has 0 aromatic rings. The molecule has 0 spiro atoms. The van der Waals surface area contributed by atoms with Crippen LogP contribution in [-0.2, 0) is 4.74 Å². The molecule has 1 fully saturated rings. The Bertz CT molecular complexity index is 193. The smallest absolute Gasteiger partial charge is 0.0999 e. The summed E-state index contributed by atoms with van der Waals surface area (Å²) in [7, 11) is 0. The Hall–Kier alpha value is 1.01. The van der Waals surface area contributed by atoms with Crippen molar-refractivity contribution >= 4 is 36.2 Å². The van der Waals surface area contributed by atoms with E-state index in [1.54, 1.807) is 0 Å². The molecule has 0 radical (unpaired) electrons. The average Bonchev–Trinajstić information content (AvgIpc) is 2.35. The number of hydrogen-bond acceptors (Lipinski definition) is 4. The molecule has 4 heteroatoms. The molecule has 4 unspecified atom stereocenters. The minimum Gasteiger partial charge on any atom is -0.368 e. The van der Waals surface area contributed by atoms with E-state index < -0.39 is 0 Å².